The Morgan fingerprint density at radius 2 is 1.68 bits per heavy atom. The maximum Gasteiger partial charge on any atom is 0.412 e. The molecule has 0 saturated heterocycles. The number of anilines is 1. The number of rotatable bonds is 5. The minimum atomic E-state index is -1.41. The van der Waals surface area contributed by atoms with Gasteiger partial charge in [-0.05, 0) is 60.5 Å². The van der Waals surface area contributed by atoms with Crippen LogP contribution in [0.3, 0.4) is 0 Å². The molecule has 0 unspecified atom stereocenters. The van der Waals surface area contributed by atoms with Crippen LogP contribution in [0, 0.1) is 6.92 Å². The lowest BCUT2D eigenvalue weighted by Gasteiger charge is -2.17. The Morgan fingerprint density at radius 3 is 2.26 bits per heavy atom. The topological polar surface area (TPSA) is 91.6 Å². The van der Waals surface area contributed by atoms with Crippen LogP contribution in [0.15, 0.2) is 54.6 Å². The van der Waals surface area contributed by atoms with Gasteiger partial charge in [-0.15, -0.1) is 0 Å². The highest BCUT2D eigenvalue weighted by atomic mass is 35.5. The number of nitrogens with one attached hydrogen (secondary N) is 1. The molecule has 0 fully saturated rings. The first-order chi connectivity index (χ1) is 14.7. The number of hydrogen-bond donors (Lipinski definition) is 2. The molecule has 0 aliphatic carbocycles. The molecule has 7 nitrogen and oxygen atoms in total. The maximum absolute atomic E-state index is 13.0. The summed E-state index contributed by atoms with van der Waals surface area (Å²) >= 11 is 5.92. The highest BCUT2D eigenvalue weighted by Crippen LogP contribution is 2.22. The fourth-order valence-corrected chi connectivity index (χ4v) is 3.53. The molecule has 2 N–H and O–H groups in total. The first-order valence-electron chi connectivity index (χ1n) is 9.49. The molecule has 0 saturated carbocycles. The van der Waals surface area contributed by atoms with Crippen LogP contribution < -0.4 is 10.2 Å². The van der Waals surface area contributed by atoms with Gasteiger partial charge in [0.15, 0.2) is 0 Å². The zero-order chi connectivity index (χ0) is 22.7. The van der Waals surface area contributed by atoms with Gasteiger partial charge < -0.3 is 9.67 Å². The Kier molecular flexibility index (Phi) is 6.46. The van der Waals surface area contributed by atoms with E-state index in [0.29, 0.717) is 28.4 Å². The lowest BCUT2D eigenvalue weighted by Crippen LogP contribution is -2.40. The summed E-state index contributed by atoms with van der Waals surface area (Å²) in [5, 5.41) is 11.1. The monoisotopic (exact) mass is 439 g/mol. The first-order valence-corrected chi connectivity index (χ1v) is 9.87. The van der Waals surface area contributed by atoms with E-state index in [1.165, 1.54) is 11.9 Å². The number of amides is 3. The predicted molar refractivity (Wildman–Crippen MR) is 119 cm³/mol. The van der Waals surface area contributed by atoms with Crippen molar-refractivity contribution < 1.29 is 19.5 Å². The van der Waals surface area contributed by atoms with Gasteiger partial charge in [-0.2, -0.15) is 0 Å². The summed E-state index contributed by atoms with van der Waals surface area (Å²) in [5.74, 6) is -0.0654. The van der Waals surface area contributed by atoms with Crippen molar-refractivity contribution in [2.24, 2.45) is 7.05 Å². The molecule has 2 aromatic carbocycles. The van der Waals surface area contributed by atoms with Gasteiger partial charge >= 0.3 is 12.1 Å². The molecule has 1 heterocycles. The second kappa shape index (κ2) is 9.06. The van der Waals surface area contributed by atoms with Crippen LogP contribution in [0.5, 0.6) is 0 Å². The molecule has 0 aliphatic rings. The Hall–Kier alpha value is -3.58. The van der Waals surface area contributed by atoms with Crippen molar-refractivity contribution in [3.05, 3.63) is 87.7 Å². The number of nitrogens with zero attached hydrogens (tertiary/aromatic N) is 2. The lowest BCUT2D eigenvalue weighted by molar-refractivity contribution is 0.103. The van der Waals surface area contributed by atoms with Gasteiger partial charge in [0, 0.05) is 42.5 Å². The number of carbonyl (C=O) groups is 3. The van der Waals surface area contributed by atoms with Crippen LogP contribution in [0.25, 0.3) is 0 Å². The normalized spacial score (nSPS) is 10.6. The number of aryl methyl sites for hydroxylation is 1. The van der Waals surface area contributed by atoms with Crippen molar-refractivity contribution in [3.63, 3.8) is 0 Å². The third-order valence-corrected chi connectivity index (χ3v) is 5.32. The summed E-state index contributed by atoms with van der Waals surface area (Å²) in [6.07, 6.45) is -0.812. The first kappa shape index (κ1) is 22.1. The highest BCUT2D eigenvalue weighted by Gasteiger charge is 2.19. The van der Waals surface area contributed by atoms with Crippen molar-refractivity contribution in [1.82, 2.24) is 9.88 Å². The largest absolute Gasteiger partial charge is 0.465 e. The van der Waals surface area contributed by atoms with Crippen LogP contribution in [0.4, 0.5) is 15.3 Å². The quantitative estimate of drug-likeness (QED) is 0.567. The standard InChI is InChI=1S/C23H22ClN3O4/c1-14-12-19(26(2)20(14)21(28)16-6-8-17(24)9-7-16)13-15-4-10-18(11-5-15)27(3)22(29)25-23(30)31/h4-12H,13H2,1-3H3,(H,25,29)(H,30,31). The van der Waals surface area contributed by atoms with E-state index in [0.717, 1.165) is 16.8 Å². The third kappa shape index (κ3) is 4.95. The maximum atomic E-state index is 13.0. The van der Waals surface area contributed by atoms with E-state index < -0.39 is 12.1 Å². The second-order valence-electron chi connectivity index (χ2n) is 7.20. The molecule has 3 rings (SSSR count). The summed E-state index contributed by atoms with van der Waals surface area (Å²) in [6, 6.07) is 15.3. The Bertz CT molecular complexity index is 1130. The van der Waals surface area contributed by atoms with Gasteiger partial charge in [-0.25, -0.2) is 14.9 Å². The third-order valence-electron chi connectivity index (χ3n) is 5.07. The summed E-state index contributed by atoms with van der Waals surface area (Å²) in [6.45, 7) is 1.91. The smallest absolute Gasteiger partial charge is 0.412 e. The van der Waals surface area contributed by atoms with E-state index in [4.69, 9.17) is 16.7 Å². The Morgan fingerprint density at radius 1 is 1.06 bits per heavy atom. The van der Waals surface area contributed by atoms with Crippen LogP contribution in [0.1, 0.15) is 32.9 Å². The lowest BCUT2D eigenvalue weighted by atomic mass is 10.1. The van der Waals surface area contributed by atoms with Crippen LogP contribution in [-0.4, -0.2) is 34.6 Å². The van der Waals surface area contributed by atoms with Crippen LogP contribution >= 0.6 is 11.6 Å². The van der Waals surface area contributed by atoms with Crippen LogP contribution in [0.2, 0.25) is 5.02 Å². The molecule has 31 heavy (non-hydrogen) atoms. The summed E-state index contributed by atoms with van der Waals surface area (Å²) in [4.78, 5) is 36.6. The van der Waals surface area contributed by atoms with Crippen molar-refractivity contribution >= 4 is 35.2 Å². The van der Waals surface area contributed by atoms with E-state index in [1.807, 2.05) is 36.7 Å². The number of ketones is 1. The molecule has 3 aromatic rings. The molecule has 8 heteroatoms. The van der Waals surface area contributed by atoms with Gasteiger partial charge in [0.2, 0.25) is 5.78 Å². The van der Waals surface area contributed by atoms with Crippen molar-refractivity contribution in [2.45, 2.75) is 13.3 Å². The molecule has 0 bridgehead atoms. The molecule has 160 valence electrons. The number of imide groups is 1. The number of urea groups is 1. The van der Waals surface area contributed by atoms with Gasteiger partial charge in [0.1, 0.15) is 0 Å². The van der Waals surface area contributed by atoms with Crippen LogP contribution in [-0.2, 0) is 13.5 Å². The minimum Gasteiger partial charge on any atom is -0.465 e. The number of benzene rings is 2. The molecule has 1 aromatic heterocycles. The molecule has 0 spiro atoms. The van der Waals surface area contributed by atoms with Crippen molar-refractivity contribution in [3.8, 4) is 0 Å². The molecular weight excluding hydrogens is 418 g/mol. The van der Waals surface area contributed by atoms with E-state index in [1.54, 1.807) is 41.7 Å². The Balaban J connectivity index is 1.78. The summed E-state index contributed by atoms with van der Waals surface area (Å²) in [5.41, 5.74) is 4.61. The number of carboxylic acid groups (broad SMARTS) is 1. The zero-order valence-electron chi connectivity index (χ0n) is 17.3. The second-order valence-corrected chi connectivity index (χ2v) is 7.64. The fourth-order valence-electron chi connectivity index (χ4n) is 3.40. The average Bonchev–Trinajstić information content (AvgIpc) is 3.00. The average molecular weight is 440 g/mol. The predicted octanol–water partition coefficient (Wildman–Crippen LogP) is 4.63. The summed E-state index contributed by atoms with van der Waals surface area (Å²) < 4.78 is 1.90. The van der Waals surface area contributed by atoms with E-state index in [-0.39, 0.29) is 5.78 Å². The molecule has 3 amide bonds. The molecule has 0 aliphatic heterocycles. The number of carbonyl (C=O) groups excluding carboxylic acids is 2. The molecule has 0 atom stereocenters. The summed E-state index contributed by atoms with van der Waals surface area (Å²) in [7, 11) is 3.35. The molecule has 0 radical (unpaired) electrons. The SMILES string of the molecule is Cc1cc(Cc2ccc(N(C)C(=O)NC(=O)O)cc2)n(C)c1C(=O)c1ccc(Cl)cc1. The van der Waals surface area contributed by atoms with Gasteiger partial charge in [0.05, 0.1) is 5.69 Å². The Labute approximate surface area is 184 Å². The molecular formula is C23H22ClN3O4. The van der Waals surface area contributed by atoms with Crippen molar-refractivity contribution in [2.75, 3.05) is 11.9 Å². The number of aromatic nitrogens is 1. The fraction of sp³-hybridized carbons (Fsp3) is 0.174. The van der Waals surface area contributed by atoms with Crippen molar-refractivity contribution in [1.29, 1.82) is 0 Å². The highest BCUT2D eigenvalue weighted by molar-refractivity contribution is 6.30. The van der Waals surface area contributed by atoms with Gasteiger partial charge in [-0.3, -0.25) is 9.69 Å². The van der Waals surface area contributed by atoms with E-state index in [2.05, 4.69) is 0 Å². The number of halogens is 1. The van der Waals surface area contributed by atoms with E-state index in [9.17, 15) is 14.4 Å². The number of hydrogen-bond acceptors (Lipinski definition) is 3. The van der Waals surface area contributed by atoms with Gasteiger partial charge in [0.25, 0.3) is 0 Å². The van der Waals surface area contributed by atoms with E-state index >= 15 is 0 Å². The zero-order valence-corrected chi connectivity index (χ0v) is 18.1. The van der Waals surface area contributed by atoms with Gasteiger partial charge in [-0.1, -0.05) is 23.7 Å². The minimum absolute atomic E-state index is 0.0654.